The summed E-state index contributed by atoms with van der Waals surface area (Å²) in [6.45, 7) is 3.08. The number of hydrogen-bond donors (Lipinski definition) is 1. The summed E-state index contributed by atoms with van der Waals surface area (Å²) in [6, 6.07) is 5.87. The summed E-state index contributed by atoms with van der Waals surface area (Å²) < 4.78 is 13.0. The molecule has 0 saturated heterocycles. The largest absolute Gasteiger partial charge is 0.360 e. The second kappa shape index (κ2) is 7.09. The van der Waals surface area contributed by atoms with Crippen LogP contribution in [-0.4, -0.2) is 44.0 Å². The van der Waals surface area contributed by atoms with Crippen molar-refractivity contribution in [2.45, 2.75) is 19.4 Å². The molecule has 5 heteroatoms. The molecule has 0 saturated carbocycles. The zero-order valence-corrected chi connectivity index (χ0v) is 11.8. The lowest BCUT2D eigenvalue weighted by molar-refractivity contribution is -0.129. The van der Waals surface area contributed by atoms with Crippen molar-refractivity contribution in [2.75, 3.05) is 32.1 Å². The Hall–Kier alpha value is -1.62. The topological polar surface area (TPSA) is 49.6 Å². The number of anilines is 1. The van der Waals surface area contributed by atoms with Gasteiger partial charge in [0.15, 0.2) is 0 Å². The third-order valence-corrected chi connectivity index (χ3v) is 3.03. The van der Waals surface area contributed by atoms with Gasteiger partial charge in [0.2, 0.25) is 5.91 Å². The molecule has 106 valence electrons. The number of nitrogens with zero attached hydrogens (tertiary/aromatic N) is 2. The van der Waals surface area contributed by atoms with Gasteiger partial charge in [0.05, 0.1) is 0 Å². The SMILES string of the molecule is CC(C(=O)N(C)C)N(CCCN)c1ccc(F)cc1. The third kappa shape index (κ3) is 4.21. The molecule has 1 amide bonds. The summed E-state index contributed by atoms with van der Waals surface area (Å²) in [5.41, 5.74) is 6.36. The smallest absolute Gasteiger partial charge is 0.244 e. The maximum atomic E-state index is 13.0. The quantitative estimate of drug-likeness (QED) is 0.849. The Morgan fingerprint density at radius 3 is 2.37 bits per heavy atom. The second-order valence-corrected chi connectivity index (χ2v) is 4.72. The van der Waals surface area contributed by atoms with Gasteiger partial charge in [-0.2, -0.15) is 0 Å². The van der Waals surface area contributed by atoms with E-state index in [1.165, 1.54) is 12.1 Å². The standard InChI is InChI=1S/C14H22FN3O/c1-11(14(19)17(2)3)18(10-4-9-16)13-7-5-12(15)6-8-13/h5-8,11H,4,9-10,16H2,1-3H3. The number of nitrogens with two attached hydrogens (primary N) is 1. The number of hydrogen-bond acceptors (Lipinski definition) is 3. The molecule has 0 aromatic heterocycles. The molecular formula is C14H22FN3O. The van der Waals surface area contributed by atoms with Gasteiger partial charge in [0.25, 0.3) is 0 Å². The zero-order chi connectivity index (χ0) is 14.4. The van der Waals surface area contributed by atoms with Gasteiger partial charge in [-0.3, -0.25) is 4.79 Å². The zero-order valence-electron chi connectivity index (χ0n) is 11.8. The predicted octanol–water partition coefficient (Wildman–Crippen LogP) is 1.46. The molecule has 0 fully saturated rings. The Bertz CT molecular complexity index is 406. The van der Waals surface area contributed by atoms with Gasteiger partial charge < -0.3 is 15.5 Å². The summed E-state index contributed by atoms with van der Waals surface area (Å²) in [7, 11) is 3.45. The highest BCUT2D eigenvalue weighted by molar-refractivity contribution is 5.84. The molecule has 0 radical (unpaired) electrons. The van der Waals surface area contributed by atoms with Gasteiger partial charge in [-0.15, -0.1) is 0 Å². The van der Waals surface area contributed by atoms with Crippen LogP contribution in [0.25, 0.3) is 0 Å². The van der Waals surface area contributed by atoms with E-state index in [1.807, 2.05) is 11.8 Å². The van der Waals surface area contributed by atoms with Gasteiger partial charge in [0, 0.05) is 26.3 Å². The van der Waals surface area contributed by atoms with Crippen LogP contribution in [0.4, 0.5) is 10.1 Å². The van der Waals surface area contributed by atoms with Crippen LogP contribution in [0.5, 0.6) is 0 Å². The van der Waals surface area contributed by atoms with Crippen molar-refractivity contribution < 1.29 is 9.18 Å². The van der Waals surface area contributed by atoms with E-state index >= 15 is 0 Å². The minimum absolute atomic E-state index is 0.0151. The van der Waals surface area contributed by atoms with Crippen molar-refractivity contribution in [2.24, 2.45) is 5.73 Å². The lowest BCUT2D eigenvalue weighted by Gasteiger charge is -2.32. The summed E-state index contributed by atoms with van der Waals surface area (Å²) in [4.78, 5) is 15.6. The van der Waals surface area contributed by atoms with Crippen LogP contribution in [-0.2, 0) is 4.79 Å². The van der Waals surface area contributed by atoms with E-state index < -0.39 is 0 Å². The molecule has 1 rings (SSSR count). The summed E-state index contributed by atoms with van der Waals surface area (Å²) >= 11 is 0. The first kappa shape index (κ1) is 15.4. The van der Waals surface area contributed by atoms with Gasteiger partial charge >= 0.3 is 0 Å². The normalized spacial score (nSPS) is 12.1. The Morgan fingerprint density at radius 2 is 1.89 bits per heavy atom. The summed E-state index contributed by atoms with van der Waals surface area (Å²) in [5.74, 6) is -0.268. The van der Waals surface area contributed by atoms with Crippen LogP contribution in [0.15, 0.2) is 24.3 Å². The van der Waals surface area contributed by atoms with Crippen LogP contribution in [0.2, 0.25) is 0 Å². The van der Waals surface area contributed by atoms with E-state index in [1.54, 1.807) is 31.1 Å². The number of halogens is 1. The Morgan fingerprint density at radius 1 is 1.32 bits per heavy atom. The lowest BCUT2D eigenvalue weighted by atomic mass is 10.2. The van der Waals surface area contributed by atoms with E-state index in [2.05, 4.69) is 0 Å². The van der Waals surface area contributed by atoms with E-state index in [4.69, 9.17) is 5.73 Å². The van der Waals surface area contributed by atoms with Crippen molar-refractivity contribution in [1.82, 2.24) is 4.90 Å². The molecule has 0 heterocycles. The monoisotopic (exact) mass is 267 g/mol. The molecule has 4 nitrogen and oxygen atoms in total. The second-order valence-electron chi connectivity index (χ2n) is 4.72. The summed E-state index contributed by atoms with van der Waals surface area (Å²) in [6.07, 6.45) is 0.780. The maximum Gasteiger partial charge on any atom is 0.244 e. The van der Waals surface area contributed by atoms with Gasteiger partial charge in [-0.05, 0) is 44.2 Å². The Labute approximate surface area is 114 Å². The van der Waals surface area contributed by atoms with E-state index in [0.29, 0.717) is 13.1 Å². The van der Waals surface area contributed by atoms with E-state index in [-0.39, 0.29) is 17.8 Å². The first-order chi connectivity index (χ1) is 8.97. The molecular weight excluding hydrogens is 245 g/mol. The van der Waals surface area contributed by atoms with Gasteiger partial charge in [-0.1, -0.05) is 0 Å². The van der Waals surface area contributed by atoms with E-state index in [0.717, 1.165) is 12.1 Å². The minimum atomic E-state index is -0.299. The molecule has 19 heavy (non-hydrogen) atoms. The van der Waals surface area contributed by atoms with Crippen molar-refractivity contribution in [1.29, 1.82) is 0 Å². The maximum absolute atomic E-state index is 13.0. The number of likely N-dealkylation sites (N-methyl/N-ethyl adjacent to an activating group) is 1. The Balaban J connectivity index is 2.93. The molecule has 0 bridgehead atoms. The number of amides is 1. The van der Waals surface area contributed by atoms with Crippen LogP contribution < -0.4 is 10.6 Å². The lowest BCUT2D eigenvalue weighted by Crippen LogP contribution is -2.45. The fraction of sp³-hybridized carbons (Fsp3) is 0.500. The molecule has 0 aliphatic carbocycles. The third-order valence-electron chi connectivity index (χ3n) is 3.03. The molecule has 1 unspecified atom stereocenters. The van der Waals surface area contributed by atoms with Crippen molar-refractivity contribution in [3.8, 4) is 0 Å². The predicted molar refractivity (Wildman–Crippen MR) is 75.6 cm³/mol. The van der Waals surface area contributed by atoms with Crippen LogP contribution >= 0.6 is 0 Å². The molecule has 0 spiro atoms. The first-order valence-electron chi connectivity index (χ1n) is 6.40. The fourth-order valence-corrected chi connectivity index (χ4v) is 1.95. The highest BCUT2D eigenvalue weighted by Crippen LogP contribution is 2.18. The number of benzene rings is 1. The van der Waals surface area contributed by atoms with Crippen molar-refractivity contribution in [3.05, 3.63) is 30.1 Å². The molecule has 1 aromatic carbocycles. The molecule has 2 N–H and O–H groups in total. The van der Waals surface area contributed by atoms with Gasteiger partial charge in [-0.25, -0.2) is 4.39 Å². The van der Waals surface area contributed by atoms with Crippen LogP contribution in [0, 0.1) is 5.82 Å². The summed E-state index contributed by atoms with van der Waals surface area (Å²) in [5, 5.41) is 0. The molecule has 1 aromatic rings. The molecule has 1 atom stereocenters. The van der Waals surface area contributed by atoms with E-state index in [9.17, 15) is 9.18 Å². The average Bonchev–Trinajstić information content (AvgIpc) is 2.39. The van der Waals surface area contributed by atoms with Gasteiger partial charge in [0.1, 0.15) is 11.9 Å². The van der Waals surface area contributed by atoms with Crippen molar-refractivity contribution in [3.63, 3.8) is 0 Å². The fourth-order valence-electron chi connectivity index (χ4n) is 1.95. The van der Waals surface area contributed by atoms with Crippen LogP contribution in [0.3, 0.4) is 0 Å². The molecule has 0 aliphatic heterocycles. The number of rotatable bonds is 6. The van der Waals surface area contributed by atoms with Crippen LogP contribution in [0.1, 0.15) is 13.3 Å². The highest BCUT2D eigenvalue weighted by Gasteiger charge is 2.22. The molecule has 0 aliphatic rings. The number of carbonyl (C=O) groups is 1. The van der Waals surface area contributed by atoms with Crippen molar-refractivity contribution >= 4 is 11.6 Å². The highest BCUT2D eigenvalue weighted by atomic mass is 19.1. The number of carbonyl (C=O) groups excluding carboxylic acids is 1. The minimum Gasteiger partial charge on any atom is -0.360 e. The first-order valence-corrected chi connectivity index (χ1v) is 6.40. The Kier molecular flexibility index (Phi) is 5.76. The average molecular weight is 267 g/mol.